The van der Waals surface area contributed by atoms with Gasteiger partial charge in [0, 0.05) is 29.6 Å². The fourth-order valence-electron chi connectivity index (χ4n) is 6.35. The summed E-state index contributed by atoms with van der Waals surface area (Å²) in [6.45, 7) is 1.88. The van der Waals surface area contributed by atoms with Crippen LogP contribution in [0.2, 0.25) is 0 Å². The largest absolute Gasteiger partial charge is 0.508 e. The molecule has 1 heterocycles. The maximum absolute atomic E-state index is 12.9. The molecule has 0 aromatic heterocycles. The second kappa shape index (κ2) is 13.0. The topological polar surface area (TPSA) is 93.4 Å². The van der Waals surface area contributed by atoms with Crippen molar-refractivity contribution < 1.29 is 27.9 Å². The number of carbonyl (C=O) groups is 2. The van der Waals surface area contributed by atoms with Crippen LogP contribution in [0, 0.1) is 17.2 Å². The van der Waals surface area contributed by atoms with Crippen molar-refractivity contribution in [2.24, 2.45) is 5.92 Å². The highest BCUT2D eigenvalue weighted by Crippen LogP contribution is 2.37. The van der Waals surface area contributed by atoms with E-state index in [1.807, 2.05) is 0 Å². The normalized spacial score (nSPS) is 19.9. The molecular weight excluding hydrogens is 555 g/mol. The molecule has 0 unspecified atom stereocenters. The smallest absolute Gasteiger partial charge is 0.416 e. The van der Waals surface area contributed by atoms with Crippen LogP contribution >= 0.6 is 0 Å². The summed E-state index contributed by atoms with van der Waals surface area (Å²) in [5.41, 5.74) is 2.13. The minimum absolute atomic E-state index is 0.0179. The van der Waals surface area contributed by atoms with Gasteiger partial charge in [0.1, 0.15) is 5.75 Å². The minimum atomic E-state index is -4.41. The predicted octanol–water partition coefficient (Wildman–Crippen LogP) is 6.83. The number of nitrogens with zero attached hydrogens (tertiary/aromatic N) is 2. The van der Waals surface area contributed by atoms with Crippen LogP contribution in [-0.4, -0.2) is 40.8 Å². The molecule has 9 heteroatoms. The molecule has 1 aliphatic heterocycles. The number of aromatic hydroxyl groups is 1. The Balaban J connectivity index is 1.09. The number of phenols is 1. The van der Waals surface area contributed by atoms with E-state index in [0.29, 0.717) is 22.7 Å². The zero-order chi connectivity index (χ0) is 30.6. The van der Waals surface area contributed by atoms with Crippen molar-refractivity contribution in [2.45, 2.75) is 63.2 Å². The molecule has 1 aliphatic carbocycles. The van der Waals surface area contributed by atoms with Gasteiger partial charge < -0.3 is 15.3 Å². The number of phenolic OH excluding ortho intramolecular Hbond substituents is 1. The Morgan fingerprint density at radius 3 is 2.09 bits per heavy atom. The van der Waals surface area contributed by atoms with E-state index in [1.165, 1.54) is 18.2 Å². The Labute approximate surface area is 249 Å². The predicted molar refractivity (Wildman–Crippen MR) is 156 cm³/mol. The molecule has 6 nitrogen and oxygen atoms in total. The molecule has 1 saturated heterocycles. The van der Waals surface area contributed by atoms with E-state index < -0.39 is 17.6 Å². The van der Waals surface area contributed by atoms with Gasteiger partial charge in [-0.05, 0) is 105 Å². The van der Waals surface area contributed by atoms with Crippen LogP contribution in [0.5, 0.6) is 5.75 Å². The first-order valence-corrected chi connectivity index (χ1v) is 14.7. The molecule has 2 fully saturated rings. The molecule has 5 rings (SSSR count). The maximum Gasteiger partial charge on any atom is 0.416 e. The fraction of sp³-hybridized carbons (Fsp3) is 0.382. The van der Waals surface area contributed by atoms with Gasteiger partial charge in [0.2, 0.25) is 0 Å². The fourth-order valence-corrected chi connectivity index (χ4v) is 6.35. The first kappa shape index (κ1) is 30.3. The molecule has 224 valence electrons. The first-order chi connectivity index (χ1) is 20.6. The number of Topliss-reactive ketones (excluding diaryl/α,β-unsaturated/α-hetero) is 1. The second-order valence-electron chi connectivity index (χ2n) is 11.5. The number of amides is 1. The molecule has 3 aromatic rings. The van der Waals surface area contributed by atoms with Crippen molar-refractivity contribution in [2.75, 3.05) is 13.1 Å². The quantitative estimate of drug-likeness (QED) is 0.295. The molecule has 3 aromatic carbocycles. The van der Waals surface area contributed by atoms with Gasteiger partial charge in [0.15, 0.2) is 5.78 Å². The summed E-state index contributed by atoms with van der Waals surface area (Å²) >= 11 is 0. The van der Waals surface area contributed by atoms with Gasteiger partial charge in [-0.25, -0.2) is 0 Å². The number of hydrogen-bond acceptors (Lipinski definition) is 5. The Morgan fingerprint density at radius 2 is 1.51 bits per heavy atom. The minimum Gasteiger partial charge on any atom is -0.508 e. The van der Waals surface area contributed by atoms with E-state index in [2.05, 4.69) is 16.3 Å². The van der Waals surface area contributed by atoms with Gasteiger partial charge >= 0.3 is 6.18 Å². The summed E-state index contributed by atoms with van der Waals surface area (Å²) in [5, 5.41) is 22.4. The summed E-state index contributed by atoms with van der Waals surface area (Å²) < 4.78 is 38.3. The Kier molecular flexibility index (Phi) is 9.16. The van der Waals surface area contributed by atoms with Crippen molar-refractivity contribution in [1.29, 1.82) is 5.26 Å². The summed E-state index contributed by atoms with van der Waals surface area (Å²) in [5.74, 6) is 0.0141. The number of nitrogens with one attached hydrogen (secondary N) is 1. The zero-order valence-corrected chi connectivity index (χ0v) is 23.7. The van der Waals surface area contributed by atoms with Crippen LogP contribution in [0.4, 0.5) is 13.2 Å². The number of likely N-dealkylation sites (tertiary alicyclic amines) is 1. The third-order valence-electron chi connectivity index (χ3n) is 8.88. The van der Waals surface area contributed by atoms with Crippen LogP contribution in [-0.2, 0) is 12.7 Å². The highest BCUT2D eigenvalue weighted by Gasteiger charge is 2.33. The first-order valence-electron chi connectivity index (χ1n) is 14.7. The van der Waals surface area contributed by atoms with Crippen molar-refractivity contribution in [3.05, 3.63) is 100 Å². The Hall–Kier alpha value is -4.16. The number of rotatable bonds is 7. The van der Waals surface area contributed by atoms with E-state index >= 15 is 0 Å². The molecule has 0 radical (unpaired) electrons. The molecule has 0 bridgehead atoms. The van der Waals surface area contributed by atoms with Gasteiger partial charge in [0.25, 0.3) is 5.91 Å². The SMILES string of the molecule is N#Cc1ccc(C(=O)C2CCC(N3CCC(c4ccc(C(=O)NCc5ccc(C(F)(F)F)cc5)cc4O)CC3)CC2)cc1. The van der Waals surface area contributed by atoms with E-state index in [-0.39, 0.29) is 35.5 Å². The van der Waals surface area contributed by atoms with Gasteiger partial charge in [-0.15, -0.1) is 0 Å². The molecule has 1 saturated carbocycles. The average molecular weight is 590 g/mol. The molecule has 43 heavy (non-hydrogen) atoms. The van der Waals surface area contributed by atoms with Crippen molar-refractivity contribution in [1.82, 2.24) is 10.2 Å². The van der Waals surface area contributed by atoms with E-state index in [0.717, 1.165) is 69.3 Å². The lowest BCUT2D eigenvalue weighted by Gasteiger charge is -2.40. The lowest BCUT2D eigenvalue weighted by Crippen LogP contribution is -2.43. The van der Waals surface area contributed by atoms with Gasteiger partial charge in [-0.3, -0.25) is 9.59 Å². The standard InChI is InChI=1S/C34H34F3N3O3/c35-34(36,37)28-10-3-23(4-11-28)21-39-33(43)27-9-14-30(31(41)19-27)24-15-17-40(18-16-24)29-12-7-26(8-13-29)32(42)25-5-1-22(20-38)2-6-25/h1-6,9-11,14,19,24,26,29,41H,7-8,12-13,15-18,21H2,(H,39,43). The lowest BCUT2D eigenvalue weighted by atomic mass is 9.80. The molecule has 0 spiro atoms. The summed E-state index contributed by atoms with van der Waals surface area (Å²) in [4.78, 5) is 28.1. The number of benzene rings is 3. The molecule has 2 aliphatic rings. The van der Waals surface area contributed by atoms with Crippen LogP contribution in [0.15, 0.2) is 66.7 Å². The van der Waals surface area contributed by atoms with E-state index in [4.69, 9.17) is 5.26 Å². The summed E-state index contributed by atoms with van der Waals surface area (Å²) in [6, 6.07) is 19.0. The van der Waals surface area contributed by atoms with Gasteiger partial charge in [-0.2, -0.15) is 18.4 Å². The highest BCUT2D eigenvalue weighted by molar-refractivity contribution is 5.98. The second-order valence-corrected chi connectivity index (χ2v) is 11.5. The maximum atomic E-state index is 12.9. The van der Waals surface area contributed by atoms with Crippen molar-refractivity contribution >= 4 is 11.7 Å². The van der Waals surface area contributed by atoms with Gasteiger partial charge in [0.05, 0.1) is 17.2 Å². The lowest BCUT2D eigenvalue weighted by molar-refractivity contribution is -0.137. The third-order valence-corrected chi connectivity index (χ3v) is 8.88. The van der Waals surface area contributed by atoms with Crippen molar-refractivity contribution in [3.63, 3.8) is 0 Å². The van der Waals surface area contributed by atoms with Gasteiger partial charge in [-0.1, -0.05) is 30.3 Å². The molecular formula is C34H34F3N3O3. The van der Waals surface area contributed by atoms with Crippen LogP contribution < -0.4 is 5.32 Å². The number of alkyl halides is 3. The van der Waals surface area contributed by atoms with E-state index in [1.54, 1.807) is 36.4 Å². The third kappa shape index (κ3) is 7.26. The highest BCUT2D eigenvalue weighted by atomic mass is 19.4. The number of hydrogen-bond donors (Lipinski definition) is 2. The number of carbonyl (C=O) groups excluding carboxylic acids is 2. The number of piperidine rings is 1. The van der Waals surface area contributed by atoms with Crippen LogP contribution in [0.1, 0.15) is 87.4 Å². The molecule has 1 amide bonds. The van der Waals surface area contributed by atoms with Crippen LogP contribution in [0.3, 0.4) is 0 Å². The monoisotopic (exact) mass is 589 g/mol. The zero-order valence-electron chi connectivity index (χ0n) is 23.7. The summed E-state index contributed by atoms with van der Waals surface area (Å²) in [6.07, 6.45) is 1.01. The Bertz CT molecular complexity index is 1480. The Morgan fingerprint density at radius 1 is 0.884 bits per heavy atom. The van der Waals surface area contributed by atoms with Crippen LogP contribution in [0.25, 0.3) is 0 Å². The van der Waals surface area contributed by atoms with E-state index in [9.17, 15) is 27.9 Å². The summed E-state index contributed by atoms with van der Waals surface area (Å²) in [7, 11) is 0. The number of nitriles is 1. The average Bonchev–Trinajstić information content (AvgIpc) is 3.03. The molecule has 2 N–H and O–H groups in total. The number of halogens is 3. The molecule has 0 atom stereocenters. The number of ketones is 1. The van der Waals surface area contributed by atoms with Crippen molar-refractivity contribution in [3.8, 4) is 11.8 Å².